The van der Waals surface area contributed by atoms with E-state index in [1.54, 1.807) is 5.38 Å². The number of nitrogens with zero attached hydrogens (tertiary/aromatic N) is 1. The van der Waals surface area contributed by atoms with E-state index in [1.807, 2.05) is 18.2 Å². The standard InChI is InChI=1S/C13H14ClNOS/c1-13(2,3)9-5-4-6-10(7-9)16-12-15-11(14)8-17-12/h4-8H,1-3H3. The van der Waals surface area contributed by atoms with Crippen molar-refractivity contribution >= 4 is 22.9 Å². The van der Waals surface area contributed by atoms with Crippen molar-refractivity contribution in [2.45, 2.75) is 26.2 Å². The third-order valence-corrected chi connectivity index (χ3v) is 3.40. The Bertz CT molecular complexity index is 516. The van der Waals surface area contributed by atoms with Crippen LogP contribution in [-0.4, -0.2) is 4.98 Å². The lowest BCUT2D eigenvalue weighted by molar-refractivity contribution is 0.475. The van der Waals surface area contributed by atoms with Crippen LogP contribution in [0.3, 0.4) is 0 Å². The number of halogens is 1. The first kappa shape index (κ1) is 12.4. The smallest absolute Gasteiger partial charge is 0.280 e. The monoisotopic (exact) mass is 267 g/mol. The normalized spacial score (nSPS) is 11.5. The van der Waals surface area contributed by atoms with Gasteiger partial charge in [0.05, 0.1) is 0 Å². The Kier molecular flexibility index (Phi) is 3.40. The van der Waals surface area contributed by atoms with Gasteiger partial charge in [-0.3, -0.25) is 0 Å². The average Bonchev–Trinajstić information content (AvgIpc) is 2.63. The minimum Gasteiger partial charge on any atom is -0.431 e. The van der Waals surface area contributed by atoms with Crippen molar-refractivity contribution < 1.29 is 4.74 Å². The molecule has 2 nitrogen and oxygen atoms in total. The van der Waals surface area contributed by atoms with Crippen LogP contribution in [0, 0.1) is 0 Å². The lowest BCUT2D eigenvalue weighted by Gasteiger charge is -2.19. The summed E-state index contributed by atoms with van der Waals surface area (Å²) in [6, 6.07) is 8.05. The Morgan fingerprint density at radius 2 is 2.06 bits per heavy atom. The molecule has 0 unspecified atom stereocenters. The molecule has 0 aliphatic carbocycles. The van der Waals surface area contributed by atoms with Crippen molar-refractivity contribution in [3.8, 4) is 10.9 Å². The van der Waals surface area contributed by atoms with Gasteiger partial charge in [0.25, 0.3) is 5.19 Å². The zero-order chi connectivity index (χ0) is 12.5. The van der Waals surface area contributed by atoms with E-state index < -0.39 is 0 Å². The minimum absolute atomic E-state index is 0.111. The average molecular weight is 268 g/mol. The van der Waals surface area contributed by atoms with Crippen LogP contribution in [-0.2, 0) is 5.41 Å². The molecule has 2 rings (SSSR count). The fourth-order valence-corrected chi connectivity index (χ4v) is 2.22. The highest BCUT2D eigenvalue weighted by molar-refractivity contribution is 7.11. The quantitative estimate of drug-likeness (QED) is 0.773. The molecule has 1 heterocycles. The van der Waals surface area contributed by atoms with Crippen LogP contribution >= 0.6 is 22.9 Å². The minimum atomic E-state index is 0.111. The number of benzene rings is 1. The van der Waals surface area contributed by atoms with Crippen molar-refractivity contribution in [1.82, 2.24) is 4.98 Å². The maximum atomic E-state index is 5.75. The summed E-state index contributed by atoms with van der Waals surface area (Å²) in [5, 5.41) is 2.79. The topological polar surface area (TPSA) is 22.1 Å². The van der Waals surface area contributed by atoms with Crippen molar-refractivity contribution in [3.63, 3.8) is 0 Å². The summed E-state index contributed by atoms with van der Waals surface area (Å²) in [4.78, 5) is 4.06. The number of hydrogen-bond acceptors (Lipinski definition) is 3. The first-order valence-electron chi connectivity index (χ1n) is 5.34. The fraction of sp³-hybridized carbons (Fsp3) is 0.308. The molecule has 0 bridgehead atoms. The molecule has 4 heteroatoms. The molecule has 17 heavy (non-hydrogen) atoms. The molecule has 0 fully saturated rings. The molecule has 0 aliphatic heterocycles. The molecule has 1 aromatic heterocycles. The van der Waals surface area contributed by atoms with Gasteiger partial charge in [0.1, 0.15) is 10.9 Å². The Labute approximate surface area is 110 Å². The first-order chi connectivity index (χ1) is 7.95. The Morgan fingerprint density at radius 3 is 2.65 bits per heavy atom. The highest BCUT2D eigenvalue weighted by atomic mass is 35.5. The van der Waals surface area contributed by atoms with Crippen LogP contribution in [0.25, 0.3) is 0 Å². The van der Waals surface area contributed by atoms with E-state index in [9.17, 15) is 0 Å². The fourth-order valence-electron chi connectivity index (χ4n) is 1.41. The summed E-state index contributed by atoms with van der Waals surface area (Å²) in [5.74, 6) is 0.795. The summed E-state index contributed by atoms with van der Waals surface area (Å²) >= 11 is 7.14. The van der Waals surface area contributed by atoms with Crippen LogP contribution in [0.2, 0.25) is 5.15 Å². The number of thiazole rings is 1. The second-order valence-corrected chi connectivity index (χ2v) is 6.02. The zero-order valence-electron chi connectivity index (χ0n) is 10.0. The van der Waals surface area contributed by atoms with Gasteiger partial charge in [-0.05, 0) is 23.1 Å². The van der Waals surface area contributed by atoms with Crippen molar-refractivity contribution in [3.05, 3.63) is 40.4 Å². The maximum absolute atomic E-state index is 5.75. The van der Waals surface area contributed by atoms with Crippen molar-refractivity contribution in [1.29, 1.82) is 0 Å². The molecule has 0 atom stereocenters. The summed E-state index contributed by atoms with van der Waals surface area (Å²) in [5.41, 5.74) is 1.34. The van der Waals surface area contributed by atoms with Gasteiger partial charge < -0.3 is 4.74 Å². The van der Waals surface area contributed by atoms with Gasteiger partial charge in [-0.2, -0.15) is 4.98 Å². The highest BCUT2D eigenvalue weighted by Gasteiger charge is 2.14. The molecule has 0 aliphatic rings. The third-order valence-electron chi connectivity index (χ3n) is 2.36. The molecule has 0 spiro atoms. The van der Waals surface area contributed by atoms with Crippen LogP contribution in [0.4, 0.5) is 0 Å². The largest absolute Gasteiger partial charge is 0.431 e. The van der Waals surface area contributed by atoms with Gasteiger partial charge >= 0.3 is 0 Å². The maximum Gasteiger partial charge on any atom is 0.280 e. The molecule has 0 amide bonds. The zero-order valence-corrected chi connectivity index (χ0v) is 11.6. The number of ether oxygens (including phenoxy) is 1. The molecular formula is C13H14ClNOS. The van der Waals surface area contributed by atoms with Crippen molar-refractivity contribution in [2.75, 3.05) is 0 Å². The molecular weight excluding hydrogens is 254 g/mol. The SMILES string of the molecule is CC(C)(C)c1cccc(Oc2nc(Cl)cs2)c1. The van der Waals surface area contributed by atoms with E-state index in [1.165, 1.54) is 16.9 Å². The molecule has 2 aromatic rings. The molecule has 0 saturated heterocycles. The predicted octanol–water partition coefficient (Wildman–Crippen LogP) is 4.89. The van der Waals surface area contributed by atoms with Crippen molar-refractivity contribution in [2.24, 2.45) is 0 Å². The first-order valence-corrected chi connectivity index (χ1v) is 6.60. The lowest BCUT2D eigenvalue weighted by Crippen LogP contribution is -2.10. The van der Waals surface area contributed by atoms with Gasteiger partial charge in [-0.15, -0.1) is 0 Å². The Balaban J connectivity index is 2.22. The van der Waals surface area contributed by atoms with Crippen LogP contribution in [0.1, 0.15) is 26.3 Å². The van der Waals surface area contributed by atoms with E-state index in [2.05, 4.69) is 31.8 Å². The second kappa shape index (κ2) is 4.67. The van der Waals surface area contributed by atoms with E-state index in [0.29, 0.717) is 10.3 Å². The molecule has 0 saturated carbocycles. The third kappa shape index (κ3) is 3.20. The molecule has 90 valence electrons. The predicted molar refractivity (Wildman–Crippen MR) is 72.3 cm³/mol. The molecule has 0 N–H and O–H groups in total. The molecule has 0 radical (unpaired) electrons. The summed E-state index contributed by atoms with van der Waals surface area (Å²) in [6.45, 7) is 6.52. The Hall–Kier alpha value is -1.06. The van der Waals surface area contributed by atoms with Gasteiger partial charge in [-0.1, -0.05) is 55.8 Å². The van der Waals surface area contributed by atoms with E-state index >= 15 is 0 Å². The highest BCUT2D eigenvalue weighted by Crippen LogP contribution is 2.30. The van der Waals surface area contributed by atoms with Crippen LogP contribution < -0.4 is 4.74 Å². The Morgan fingerprint density at radius 1 is 1.29 bits per heavy atom. The van der Waals surface area contributed by atoms with Gasteiger partial charge in [0.15, 0.2) is 0 Å². The number of hydrogen-bond donors (Lipinski definition) is 0. The van der Waals surface area contributed by atoms with Gasteiger partial charge in [0, 0.05) is 5.38 Å². The van der Waals surface area contributed by atoms with Crippen LogP contribution in [0.15, 0.2) is 29.6 Å². The van der Waals surface area contributed by atoms with E-state index in [0.717, 1.165) is 5.75 Å². The van der Waals surface area contributed by atoms with Gasteiger partial charge in [0.2, 0.25) is 0 Å². The van der Waals surface area contributed by atoms with E-state index in [4.69, 9.17) is 16.3 Å². The number of aromatic nitrogens is 1. The summed E-state index contributed by atoms with van der Waals surface area (Å²) in [6.07, 6.45) is 0. The summed E-state index contributed by atoms with van der Waals surface area (Å²) < 4.78 is 5.66. The molecule has 1 aromatic carbocycles. The van der Waals surface area contributed by atoms with Gasteiger partial charge in [-0.25, -0.2) is 0 Å². The number of rotatable bonds is 2. The summed E-state index contributed by atoms with van der Waals surface area (Å²) in [7, 11) is 0. The van der Waals surface area contributed by atoms with Crippen LogP contribution in [0.5, 0.6) is 10.9 Å². The van der Waals surface area contributed by atoms with E-state index in [-0.39, 0.29) is 5.41 Å². The lowest BCUT2D eigenvalue weighted by atomic mass is 9.87. The second-order valence-electron chi connectivity index (χ2n) is 4.82.